The van der Waals surface area contributed by atoms with Gasteiger partial charge in [0.05, 0.1) is 11.1 Å². The number of benzene rings is 1. The molecule has 0 spiro atoms. The lowest BCUT2D eigenvalue weighted by atomic mass is 10.0. The average molecular weight is 320 g/mol. The van der Waals surface area contributed by atoms with Gasteiger partial charge >= 0.3 is 5.97 Å². The maximum Gasteiger partial charge on any atom is 0.327 e. The molecule has 1 aromatic carbocycles. The first-order valence-corrected chi connectivity index (χ1v) is 7.03. The predicted octanol–water partition coefficient (Wildman–Crippen LogP) is 3.17. The second-order valence-electron chi connectivity index (χ2n) is 5.11. The molecule has 116 valence electrons. The van der Waals surface area contributed by atoms with E-state index in [4.69, 9.17) is 27.2 Å². The van der Waals surface area contributed by atoms with Gasteiger partial charge in [0.1, 0.15) is 5.75 Å². The van der Waals surface area contributed by atoms with Crippen molar-refractivity contribution in [2.24, 2.45) is 5.73 Å². The van der Waals surface area contributed by atoms with Gasteiger partial charge in [0.2, 0.25) is 0 Å². The minimum Gasteiger partial charge on any atom is -0.489 e. The number of carbonyl (C=O) groups is 1. The molecule has 3 N–H and O–H groups in total. The SMILES string of the molecule is NC(C(=O)O)C(F)(F)c1ccc(Cl)c(OC2CCCC2)c1. The van der Waals surface area contributed by atoms with Crippen molar-refractivity contribution in [2.75, 3.05) is 0 Å². The van der Waals surface area contributed by atoms with Gasteiger partial charge in [0.25, 0.3) is 5.92 Å². The molecule has 21 heavy (non-hydrogen) atoms. The third kappa shape index (κ3) is 3.44. The maximum atomic E-state index is 14.0. The molecule has 4 nitrogen and oxygen atoms in total. The Labute approximate surface area is 125 Å². The van der Waals surface area contributed by atoms with E-state index in [1.165, 1.54) is 6.07 Å². The van der Waals surface area contributed by atoms with Crippen LogP contribution in [0.1, 0.15) is 31.2 Å². The van der Waals surface area contributed by atoms with E-state index >= 15 is 0 Å². The Balaban J connectivity index is 2.26. The highest BCUT2D eigenvalue weighted by Gasteiger charge is 2.44. The fourth-order valence-corrected chi connectivity index (χ4v) is 2.48. The summed E-state index contributed by atoms with van der Waals surface area (Å²) < 4.78 is 33.7. The third-order valence-corrected chi connectivity index (χ3v) is 3.88. The molecule has 0 aliphatic heterocycles. The zero-order valence-electron chi connectivity index (χ0n) is 11.2. The topological polar surface area (TPSA) is 72.6 Å². The van der Waals surface area contributed by atoms with E-state index < -0.39 is 23.5 Å². The number of carboxylic acids is 1. The summed E-state index contributed by atoms with van der Waals surface area (Å²) in [5.74, 6) is -5.34. The highest BCUT2D eigenvalue weighted by Crippen LogP contribution is 2.37. The highest BCUT2D eigenvalue weighted by atomic mass is 35.5. The molecule has 1 aliphatic rings. The smallest absolute Gasteiger partial charge is 0.327 e. The van der Waals surface area contributed by atoms with E-state index in [0.717, 1.165) is 37.8 Å². The van der Waals surface area contributed by atoms with Crippen LogP contribution in [0.2, 0.25) is 5.02 Å². The Morgan fingerprint density at radius 2 is 2.05 bits per heavy atom. The molecule has 0 aromatic heterocycles. The van der Waals surface area contributed by atoms with Crippen molar-refractivity contribution < 1.29 is 23.4 Å². The molecule has 1 atom stereocenters. The highest BCUT2D eigenvalue weighted by molar-refractivity contribution is 6.32. The van der Waals surface area contributed by atoms with Gasteiger partial charge in [-0.25, -0.2) is 0 Å². The van der Waals surface area contributed by atoms with Crippen molar-refractivity contribution in [3.8, 4) is 5.75 Å². The normalized spacial score (nSPS) is 17.7. The zero-order chi connectivity index (χ0) is 15.6. The molecule has 1 fully saturated rings. The number of aliphatic carboxylic acids is 1. The van der Waals surface area contributed by atoms with Gasteiger partial charge in [-0.1, -0.05) is 17.7 Å². The van der Waals surface area contributed by atoms with Gasteiger partial charge in [-0.3, -0.25) is 4.79 Å². The van der Waals surface area contributed by atoms with Crippen LogP contribution in [0.3, 0.4) is 0 Å². The molecule has 0 heterocycles. The van der Waals surface area contributed by atoms with Gasteiger partial charge < -0.3 is 15.6 Å². The summed E-state index contributed by atoms with van der Waals surface area (Å²) in [6.45, 7) is 0. The van der Waals surface area contributed by atoms with Gasteiger partial charge in [-0.05, 0) is 37.8 Å². The van der Waals surface area contributed by atoms with Crippen LogP contribution < -0.4 is 10.5 Å². The number of hydrogen-bond donors (Lipinski definition) is 2. The molecule has 0 radical (unpaired) electrons. The van der Waals surface area contributed by atoms with Gasteiger partial charge in [0.15, 0.2) is 6.04 Å². The van der Waals surface area contributed by atoms with Gasteiger partial charge in [-0.15, -0.1) is 0 Å². The molecular formula is C14H16ClF2NO3. The van der Waals surface area contributed by atoms with E-state index in [1.54, 1.807) is 0 Å². The predicted molar refractivity (Wildman–Crippen MR) is 73.8 cm³/mol. The monoisotopic (exact) mass is 319 g/mol. The zero-order valence-corrected chi connectivity index (χ0v) is 11.9. The van der Waals surface area contributed by atoms with Gasteiger partial charge in [-0.2, -0.15) is 8.78 Å². The van der Waals surface area contributed by atoms with Crippen LogP contribution in [0, 0.1) is 0 Å². The first-order chi connectivity index (χ1) is 9.82. The van der Waals surface area contributed by atoms with Crippen molar-refractivity contribution in [3.63, 3.8) is 0 Å². The van der Waals surface area contributed by atoms with E-state index in [2.05, 4.69) is 0 Å². The Bertz CT molecular complexity index is 533. The summed E-state index contributed by atoms with van der Waals surface area (Å²) >= 11 is 5.95. The second-order valence-corrected chi connectivity index (χ2v) is 5.52. The van der Waals surface area contributed by atoms with Crippen LogP contribution in [0.5, 0.6) is 5.75 Å². The summed E-state index contributed by atoms with van der Waals surface area (Å²) in [4.78, 5) is 10.7. The van der Waals surface area contributed by atoms with Crippen LogP contribution in [-0.4, -0.2) is 23.2 Å². The summed E-state index contributed by atoms with van der Waals surface area (Å²) in [6.07, 6.45) is 3.72. The Hall–Kier alpha value is -1.40. The van der Waals surface area contributed by atoms with Crippen molar-refractivity contribution >= 4 is 17.6 Å². The first-order valence-electron chi connectivity index (χ1n) is 6.65. The number of carboxylic acid groups (broad SMARTS) is 1. The summed E-state index contributed by atoms with van der Waals surface area (Å²) in [5, 5.41) is 8.88. The van der Waals surface area contributed by atoms with E-state index in [9.17, 15) is 13.6 Å². The molecule has 0 bridgehead atoms. The molecular weight excluding hydrogens is 304 g/mol. The summed E-state index contributed by atoms with van der Waals surface area (Å²) in [6, 6.07) is 1.08. The first kappa shape index (κ1) is 16.0. The van der Waals surface area contributed by atoms with Crippen LogP contribution in [0.25, 0.3) is 0 Å². The van der Waals surface area contributed by atoms with Crippen molar-refractivity contribution in [1.29, 1.82) is 0 Å². The minimum atomic E-state index is -3.70. The lowest BCUT2D eigenvalue weighted by Crippen LogP contribution is -2.45. The van der Waals surface area contributed by atoms with Gasteiger partial charge in [0, 0.05) is 5.56 Å². The fraction of sp³-hybridized carbons (Fsp3) is 0.500. The number of nitrogens with two attached hydrogens (primary N) is 1. The molecule has 1 aromatic rings. The molecule has 0 saturated heterocycles. The average Bonchev–Trinajstić information content (AvgIpc) is 2.93. The Morgan fingerprint density at radius 1 is 1.43 bits per heavy atom. The lowest BCUT2D eigenvalue weighted by Gasteiger charge is -2.22. The molecule has 7 heteroatoms. The summed E-state index contributed by atoms with van der Waals surface area (Å²) in [5.41, 5.74) is 4.54. The van der Waals surface area contributed by atoms with Crippen LogP contribution in [-0.2, 0) is 10.7 Å². The van der Waals surface area contributed by atoms with Crippen molar-refractivity contribution in [3.05, 3.63) is 28.8 Å². The van der Waals surface area contributed by atoms with Crippen LogP contribution >= 0.6 is 11.6 Å². The van der Waals surface area contributed by atoms with E-state index in [1.807, 2.05) is 0 Å². The fourth-order valence-electron chi connectivity index (χ4n) is 2.32. The standard InChI is InChI=1S/C14H16ClF2NO3/c15-10-6-5-8(14(16,17)12(18)13(19)20)7-11(10)21-9-3-1-2-4-9/h5-7,9,12H,1-4,18H2,(H,19,20). The second kappa shape index (κ2) is 6.15. The maximum absolute atomic E-state index is 14.0. The Kier molecular flexibility index (Phi) is 4.68. The largest absolute Gasteiger partial charge is 0.489 e. The molecule has 1 saturated carbocycles. The van der Waals surface area contributed by atoms with E-state index in [-0.39, 0.29) is 16.9 Å². The number of rotatable bonds is 5. The number of halogens is 3. The van der Waals surface area contributed by atoms with Crippen molar-refractivity contribution in [2.45, 2.75) is 43.8 Å². The van der Waals surface area contributed by atoms with Crippen molar-refractivity contribution in [1.82, 2.24) is 0 Å². The molecule has 2 rings (SSSR count). The number of hydrogen-bond acceptors (Lipinski definition) is 3. The minimum absolute atomic E-state index is 0.0421. The van der Waals surface area contributed by atoms with Crippen LogP contribution in [0.4, 0.5) is 8.78 Å². The van der Waals surface area contributed by atoms with Crippen LogP contribution in [0.15, 0.2) is 18.2 Å². The number of ether oxygens (including phenoxy) is 1. The molecule has 1 unspecified atom stereocenters. The number of alkyl halides is 2. The molecule has 0 amide bonds. The quantitative estimate of drug-likeness (QED) is 0.874. The van der Waals surface area contributed by atoms with E-state index in [0.29, 0.717) is 0 Å². The Morgan fingerprint density at radius 3 is 2.62 bits per heavy atom. The summed E-state index contributed by atoms with van der Waals surface area (Å²) in [7, 11) is 0. The molecule has 1 aliphatic carbocycles. The lowest BCUT2D eigenvalue weighted by molar-refractivity contribution is -0.149. The third-order valence-electron chi connectivity index (χ3n) is 3.57.